The summed E-state index contributed by atoms with van der Waals surface area (Å²) in [5.41, 5.74) is 2.48. The smallest absolute Gasteiger partial charge is 0.261 e. The Labute approximate surface area is 106 Å². The van der Waals surface area contributed by atoms with Gasteiger partial charge in [0.1, 0.15) is 6.61 Å². The van der Waals surface area contributed by atoms with Crippen LogP contribution in [0.3, 0.4) is 0 Å². The van der Waals surface area contributed by atoms with Gasteiger partial charge in [-0.15, -0.1) is 0 Å². The van der Waals surface area contributed by atoms with Crippen LogP contribution in [0.1, 0.15) is 32.1 Å². The fourth-order valence-corrected chi connectivity index (χ4v) is 1.97. The second kappa shape index (κ2) is 9.04. The molecule has 0 heterocycles. The number of halogens is 2. The third-order valence-corrected chi connectivity index (χ3v) is 2.83. The number of nitrogens with two attached hydrogens (primary N) is 1. The summed E-state index contributed by atoms with van der Waals surface area (Å²) in [5.74, 6) is 5.85. The zero-order valence-electron chi connectivity index (χ0n) is 10.5. The van der Waals surface area contributed by atoms with Crippen molar-refractivity contribution in [1.82, 2.24) is 10.7 Å². The molecule has 0 amide bonds. The van der Waals surface area contributed by atoms with Crippen LogP contribution in [-0.2, 0) is 4.74 Å². The molecule has 4 N–H and O–H groups in total. The number of rotatable bonds is 6. The van der Waals surface area contributed by atoms with Crippen LogP contribution < -0.4 is 16.6 Å². The minimum atomic E-state index is -2.43. The van der Waals surface area contributed by atoms with Gasteiger partial charge in [-0.25, -0.2) is 19.6 Å². The first-order chi connectivity index (χ1) is 8.72. The molecule has 0 aromatic rings. The SMILES string of the molecule is NNC(=NCCOCC(F)F)NC1CCCCC1. The average Bonchev–Trinajstić information content (AvgIpc) is 2.38. The van der Waals surface area contributed by atoms with Crippen molar-refractivity contribution < 1.29 is 13.5 Å². The van der Waals surface area contributed by atoms with E-state index < -0.39 is 13.0 Å². The van der Waals surface area contributed by atoms with Crippen LogP contribution >= 0.6 is 0 Å². The normalized spacial score (nSPS) is 18.1. The minimum Gasteiger partial charge on any atom is -0.374 e. The van der Waals surface area contributed by atoms with Crippen molar-refractivity contribution in [3.05, 3.63) is 0 Å². The van der Waals surface area contributed by atoms with Gasteiger partial charge in [0.05, 0.1) is 13.2 Å². The molecule has 0 saturated heterocycles. The zero-order valence-corrected chi connectivity index (χ0v) is 10.5. The van der Waals surface area contributed by atoms with Crippen molar-refractivity contribution in [3.63, 3.8) is 0 Å². The van der Waals surface area contributed by atoms with Gasteiger partial charge in [-0.3, -0.25) is 5.43 Å². The van der Waals surface area contributed by atoms with Crippen molar-refractivity contribution in [2.45, 2.75) is 44.6 Å². The molecular formula is C11H22F2N4O. The summed E-state index contributed by atoms with van der Waals surface area (Å²) >= 11 is 0. The Morgan fingerprint density at radius 1 is 1.33 bits per heavy atom. The fourth-order valence-electron chi connectivity index (χ4n) is 1.97. The molecule has 0 aliphatic heterocycles. The van der Waals surface area contributed by atoms with E-state index in [1.807, 2.05) is 0 Å². The standard InChI is InChI=1S/C11H22F2N4O/c12-10(13)8-18-7-6-15-11(17-14)16-9-4-2-1-3-5-9/h9-10H,1-8,14H2,(H2,15,16,17). The highest BCUT2D eigenvalue weighted by Crippen LogP contribution is 2.17. The molecule has 0 aromatic carbocycles. The highest BCUT2D eigenvalue weighted by molar-refractivity contribution is 5.79. The van der Waals surface area contributed by atoms with Gasteiger partial charge >= 0.3 is 0 Å². The second-order valence-electron chi connectivity index (χ2n) is 4.32. The molecule has 0 spiro atoms. The van der Waals surface area contributed by atoms with Crippen LogP contribution in [0.5, 0.6) is 0 Å². The Morgan fingerprint density at radius 3 is 2.67 bits per heavy atom. The Morgan fingerprint density at radius 2 is 2.06 bits per heavy atom. The quantitative estimate of drug-likeness (QED) is 0.220. The molecule has 18 heavy (non-hydrogen) atoms. The van der Waals surface area contributed by atoms with Gasteiger partial charge in [0.2, 0.25) is 5.96 Å². The number of hydrazine groups is 1. The van der Waals surface area contributed by atoms with E-state index in [4.69, 9.17) is 10.6 Å². The number of nitrogens with one attached hydrogen (secondary N) is 2. The number of hydrogen-bond acceptors (Lipinski definition) is 3. The van der Waals surface area contributed by atoms with Crippen LogP contribution in [0, 0.1) is 0 Å². The summed E-state index contributed by atoms with van der Waals surface area (Å²) in [6, 6.07) is 0.399. The maximum Gasteiger partial charge on any atom is 0.261 e. The summed E-state index contributed by atoms with van der Waals surface area (Å²) in [6.07, 6.45) is 3.51. The van der Waals surface area contributed by atoms with Crippen molar-refractivity contribution in [3.8, 4) is 0 Å². The Balaban J connectivity index is 2.18. The molecule has 1 aliphatic rings. The summed E-state index contributed by atoms with van der Waals surface area (Å²) in [7, 11) is 0. The highest BCUT2D eigenvalue weighted by Gasteiger charge is 2.13. The van der Waals surface area contributed by atoms with Gasteiger partial charge in [0, 0.05) is 6.04 Å². The first kappa shape index (κ1) is 15.1. The Kier molecular flexibility index (Phi) is 7.59. The van der Waals surface area contributed by atoms with Crippen LogP contribution in [0.4, 0.5) is 8.78 Å². The number of ether oxygens (including phenoxy) is 1. The van der Waals surface area contributed by atoms with E-state index >= 15 is 0 Å². The predicted molar refractivity (Wildman–Crippen MR) is 66.5 cm³/mol. The van der Waals surface area contributed by atoms with E-state index in [9.17, 15) is 8.78 Å². The number of hydrogen-bond donors (Lipinski definition) is 3. The molecule has 1 aliphatic carbocycles. The maximum absolute atomic E-state index is 11.8. The molecule has 0 aromatic heterocycles. The number of aliphatic imine (C=N–C) groups is 1. The highest BCUT2D eigenvalue weighted by atomic mass is 19.3. The molecule has 0 unspecified atom stereocenters. The van der Waals surface area contributed by atoms with E-state index in [2.05, 4.69) is 15.7 Å². The second-order valence-corrected chi connectivity index (χ2v) is 4.32. The average molecular weight is 264 g/mol. The number of guanidine groups is 1. The fraction of sp³-hybridized carbons (Fsp3) is 0.909. The molecule has 0 atom stereocenters. The van der Waals surface area contributed by atoms with Crippen LogP contribution in [-0.4, -0.2) is 38.2 Å². The van der Waals surface area contributed by atoms with Gasteiger partial charge < -0.3 is 10.1 Å². The molecule has 7 heteroatoms. The number of alkyl halides is 2. The summed E-state index contributed by atoms with van der Waals surface area (Å²) in [6.45, 7) is -0.0647. The summed E-state index contributed by atoms with van der Waals surface area (Å²) in [4.78, 5) is 4.13. The molecule has 1 fully saturated rings. The molecular weight excluding hydrogens is 242 g/mol. The third kappa shape index (κ3) is 6.70. The van der Waals surface area contributed by atoms with Gasteiger partial charge in [-0.05, 0) is 12.8 Å². The third-order valence-electron chi connectivity index (χ3n) is 2.83. The lowest BCUT2D eigenvalue weighted by molar-refractivity contribution is 0.0207. The zero-order chi connectivity index (χ0) is 13.2. The molecule has 106 valence electrons. The largest absolute Gasteiger partial charge is 0.374 e. The topological polar surface area (TPSA) is 71.7 Å². The van der Waals surface area contributed by atoms with Crippen molar-refractivity contribution in [1.29, 1.82) is 0 Å². The van der Waals surface area contributed by atoms with Gasteiger partial charge in [-0.1, -0.05) is 19.3 Å². The lowest BCUT2D eigenvalue weighted by atomic mass is 9.96. The van der Waals surface area contributed by atoms with Crippen molar-refractivity contribution in [2.75, 3.05) is 19.8 Å². The maximum atomic E-state index is 11.8. The van der Waals surface area contributed by atoms with Gasteiger partial charge in [0.25, 0.3) is 6.43 Å². The lowest BCUT2D eigenvalue weighted by Gasteiger charge is -2.24. The lowest BCUT2D eigenvalue weighted by Crippen LogP contribution is -2.47. The van der Waals surface area contributed by atoms with Crippen LogP contribution in [0.2, 0.25) is 0 Å². The van der Waals surface area contributed by atoms with Crippen molar-refractivity contribution >= 4 is 5.96 Å². The van der Waals surface area contributed by atoms with Gasteiger partial charge in [-0.2, -0.15) is 0 Å². The summed E-state index contributed by atoms with van der Waals surface area (Å²) < 4.78 is 28.3. The number of nitrogens with zero attached hydrogens (tertiary/aromatic N) is 1. The van der Waals surface area contributed by atoms with Gasteiger partial charge in [0.15, 0.2) is 0 Å². The molecule has 5 nitrogen and oxygen atoms in total. The van der Waals surface area contributed by atoms with E-state index in [1.165, 1.54) is 19.3 Å². The van der Waals surface area contributed by atoms with Crippen molar-refractivity contribution in [2.24, 2.45) is 10.8 Å². The first-order valence-corrected chi connectivity index (χ1v) is 6.36. The Bertz CT molecular complexity index is 245. The minimum absolute atomic E-state index is 0.169. The molecule has 1 saturated carbocycles. The summed E-state index contributed by atoms with van der Waals surface area (Å²) in [5, 5.41) is 3.22. The van der Waals surface area contributed by atoms with E-state index in [1.54, 1.807) is 0 Å². The van der Waals surface area contributed by atoms with Crippen LogP contribution in [0.15, 0.2) is 4.99 Å². The molecule has 0 radical (unpaired) electrons. The van der Waals surface area contributed by atoms with Crippen LogP contribution in [0.25, 0.3) is 0 Å². The van der Waals surface area contributed by atoms with E-state index in [-0.39, 0.29) is 6.61 Å². The monoisotopic (exact) mass is 264 g/mol. The first-order valence-electron chi connectivity index (χ1n) is 6.36. The Hall–Kier alpha value is -0.950. The molecule has 1 rings (SSSR count). The predicted octanol–water partition coefficient (Wildman–Crippen LogP) is 1.01. The van der Waals surface area contributed by atoms with E-state index in [0.29, 0.717) is 18.5 Å². The van der Waals surface area contributed by atoms with E-state index in [0.717, 1.165) is 12.8 Å². The molecule has 0 bridgehead atoms.